The lowest BCUT2D eigenvalue weighted by atomic mass is 10.2. The van der Waals surface area contributed by atoms with Gasteiger partial charge in [0.05, 0.1) is 6.20 Å². The fourth-order valence-corrected chi connectivity index (χ4v) is 1.61. The first-order valence-corrected chi connectivity index (χ1v) is 6.21. The Balaban J connectivity index is 1.68. The molecule has 0 bridgehead atoms. The molecule has 3 N–H and O–H groups in total. The van der Waals surface area contributed by atoms with Gasteiger partial charge in [0.25, 0.3) is 0 Å². The van der Waals surface area contributed by atoms with Gasteiger partial charge in [-0.2, -0.15) is 0 Å². The zero-order valence-corrected chi connectivity index (χ0v) is 11.4. The third-order valence-corrected chi connectivity index (χ3v) is 2.59. The monoisotopic (exact) mass is 275 g/mol. The van der Waals surface area contributed by atoms with E-state index in [-0.39, 0.29) is 6.03 Å². The maximum atomic E-state index is 11.6. The predicted molar refractivity (Wildman–Crippen MR) is 75.5 cm³/mol. The molecule has 0 fully saturated rings. The molecule has 0 aliphatic rings. The van der Waals surface area contributed by atoms with Crippen molar-refractivity contribution in [2.75, 3.05) is 23.7 Å². The molecule has 8 nitrogen and oxygen atoms in total. The van der Waals surface area contributed by atoms with Crippen LogP contribution in [-0.4, -0.2) is 39.1 Å². The van der Waals surface area contributed by atoms with Crippen molar-refractivity contribution in [2.24, 2.45) is 7.05 Å². The Morgan fingerprint density at radius 3 is 2.95 bits per heavy atom. The first kappa shape index (κ1) is 13.8. The molecule has 0 aromatic carbocycles. The highest BCUT2D eigenvalue weighted by Gasteiger charge is 2.03. The molecular formula is C12H17N7O. The molecule has 20 heavy (non-hydrogen) atoms. The maximum Gasteiger partial charge on any atom is 0.320 e. The predicted octanol–water partition coefficient (Wildman–Crippen LogP) is 0.752. The molecule has 0 unspecified atom stereocenters. The fraction of sp³-hybridized carbons (Fsp3) is 0.333. The van der Waals surface area contributed by atoms with Crippen molar-refractivity contribution in [2.45, 2.75) is 6.92 Å². The summed E-state index contributed by atoms with van der Waals surface area (Å²) >= 11 is 0. The van der Waals surface area contributed by atoms with E-state index in [1.165, 1.54) is 4.68 Å². The Bertz CT molecular complexity index is 581. The molecule has 0 radical (unpaired) electrons. The average Bonchev–Trinajstić information content (AvgIpc) is 2.82. The second kappa shape index (κ2) is 6.50. The van der Waals surface area contributed by atoms with E-state index in [2.05, 4.69) is 31.2 Å². The Morgan fingerprint density at radius 2 is 2.25 bits per heavy atom. The standard InChI is InChI=1S/C12H17N7O/c1-9-7-13-4-3-10(9)14-5-6-15-12(20)16-11-8-19(2)18-17-11/h3-4,7-8H,5-6H2,1-2H3,(H,13,14)(H2,15,16,20). The molecule has 0 atom stereocenters. The third-order valence-electron chi connectivity index (χ3n) is 2.59. The Hall–Kier alpha value is -2.64. The molecule has 0 saturated heterocycles. The number of carbonyl (C=O) groups is 1. The molecule has 2 amide bonds. The van der Waals surface area contributed by atoms with Crippen LogP contribution in [0.2, 0.25) is 0 Å². The minimum Gasteiger partial charge on any atom is -0.383 e. The van der Waals surface area contributed by atoms with Gasteiger partial charge in [0, 0.05) is 38.2 Å². The molecule has 0 aliphatic heterocycles. The summed E-state index contributed by atoms with van der Waals surface area (Å²) in [6.07, 6.45) is 5.14. The molecule has 2 aromatic rings. The van der Waals surface area contributed by atoms with E-state index in [1.54, 1.807) is 25.6 Å². The first-order valence-electron chi connectivity index (χ1n) is 6.21. The molecule has 8 heteroatoms. The van der Waals surface area contributed by atoms with E-state index < -0.39 is 0 Å². The van der Waals surface area contributed by atoms with Gasteiger partial charge in [0.15, 0.2) is 5.82 Å². The largest absolute Gasteiger partial charge is 0.383 e. The van der Waals surface area contributed by atoms with Crippen LogP contribution >= 0.6 is 0 Å². The van der Waals surface area contributed by atoms with Gasteiger partial charge in [-0.1, -0.05) is 5.21 Å². The number of rotatable bonds is 5. The summed E-state index contributed by atoms with van der Waals surface area (Å²) in [7, 11) is 1.73. The van der Waals surface area contributed by atoms with Crippen LogP contribution < -0.4 is 16.0 Å². The summed E-state index contributed by atoms with van der Waals surface area (Å²) in [4.78, 5) is 15.6. The summed E-state index contributed by atoms with van der Waals surface area (Å²) in [6.45, 7) is 3.09. The van der Waals surface area contributed by atoms with E-state index in [0.29, 0.717) is 18.9 Å². The van der Waals surface area contributed by atoms with Gasteiger partial charge in [-0.25, -0.2) is 4.79 Å². The van der Waals surface area contributed by atoms with Crippen molar-refractivity contribution in [3.8, 4) is 0 Å². The van der Waals surface area contributed by atoms with Gasteiger partial charge in [0.2, 0.25) is 0 Å². The minimum atomic E-state index is -0.307. The van der Waals surface area contributed by atoms with Crippen LogP contribution in [0.15, 0.2) is 24.7 Å². The Labute approximate surface area is 116 Å². The van der Waals surface area contributed by atoms with Gasteiger partial charge in [-0.3, -0.25) is 15.0 Å². The quantitative estimate of drug-likeness (QED) is 0.700. The summed E-state index contributed by atoms with van der Waals surface area (Å²) in [5.74, 6) is 0.419. The fourth-order valence-electron chi connectivity index (χ4n) is 1.61. The summed E-state index contributed by atoms with van der Waals surface area (Å²) < 4.78 is 1.52. The summed E-state index contributed by atoms with van der Waals surface area (Å²) in [6, 6.07) is 1.59. The van der Waals surface area contributed by atoms with E-state index >= 15 is 0 Å². The van der Waals surface area contributed by atoms with Gasteiger partial charge in [-0.15, -0.1) is 5.10 Å². The minimum absolute atomic E-state index is 0.307. The van der Waals surface area contributed by atoms with Gasteiger partial charge in [-0.05, 0) is 18.6 Å². The van der Waals surface area contributed by atoms with Crippen LogP contribution in [0.5, 0.6) is 0 Å². The van der Waals surface area contributed by atoms with Crippen LogP contribution in [0.1, 0.15) is 5.56 Å². The molecule has 0 saturated carbocycles. The number of aromatic nitrogens is 4. The molecular weight excluding hydrogens is 258 g/mol. The molecule has 2 aromatic heterocycles. The Morgan fingerprint density at radius 1 is 1.40 bits per heavy atom. The number of amides is 2. The van der Waals surface area contributed by atoms with Crippen molar-refractivity contribution >= 4 is 17.5 Å². The average molecular weight is 275 g/mol. The highest BCUT2D eigenvalue weighted by Crippen LogP contribution is 2.10. The van der Waals surface area contributed by atoms with Crippen molar-refractivity contribution < 1.29 is 4.79 Å². The van der Waals surface area contributed by atoms with Gasteiger partial charge in [0.1, 0.15) is 0 Å². The number of nitrogens with zero attached hydrogens (tertiary/aromatic N) is 4. The number of carbonyl (C=O) groups excluding carboxylic acids is 1. The van der Waals surface area contributed by atoms with Crippen LogP contribution in [0.25, 0.3) is 0 Å². The molecule has 106 valence electrons. The molecule has 0 aliphatic carbocycles. The van der Waals surface area contributed by atoms with E-state index in [4.69, 9.17) is 0 Å². The second-order valence-corrected chi connectivity index (χ2v) is 4.28. The lowest BCUT2D eigenvalue weighted by molar-refractivity contribution is 0.252. The topological polar surface area (TPSA) is 96.8 Å². The van der Waals surface area contributed by atoms with Crippen LogP contribution in [0.4, 0.5) is 16.3 Å². The van der Waals surface area contributed by atoms with E-state index in [1.807, 2.05) is 13.0 Å². The van der Waals surface area contributed by atoms with E-state index in [0.717, 1.165) is 11.3 Å². The smallest absolute Gasteiger partial charge is 0.320 e. The zero-order valence-electron chi connectivity index (χ0n) is 11.4. The number of nitrogens with one attached hydrogen (secondary N) is 3. The lowest BCUT2D eigenvalue weighted by Crippen LogP contribution is -2.32. The number of anilines is 2. The highest BCUT2D eigenvalue weighted by atomic mass is 16.2. The second-order valence-electron chi connectivity index (χ2n) is 4.28. The van der Waals surface area contributed by atoms with Crippen molar-refractivity contribution in [3.63, 3.8) is 0 Å². The van der Waals surface area contributed by atoms with Crippen molar-refractivity contribution in [3.05, 3.63) is 30.2 Å². The number of urea groups is 1. The number of hydrogen-bond acceptors (Lipinski definition) is 5. The maximum absolute atomic E-state index is 11.6. The number of pyridine rings is 1. The number of aryl methyl sites for hydroxylation is 2. The zero-order chi connectivity index (χ0) is 14.4. The first-order chi connectivity index (χ1) is 9.65. The lowest BCUT2D eigenvalue weighted by Gasteiger charge is -2.09. The van der Waals surface area contributed by atoms with Crippen LogP contribution in [-0.2, 0) is 7.05 Å². The van der Waals surface area contributed by atoms with E-state index in [9.17, 15) is 4.79 Å². The normalized spacial score (nSPS) is 10.1. The van der Waals surface area contributed by atoms with Crippen molar-refractivity contribution in [1.82, 2.24) is 25.3 Å². The molecule has 2 heterocycles. The summed E-state index contributed by atoms with van der Waals surface area (Å²) in [5, 5.41) is 16.0. The third kappa shape index (κ3) is 3.94. The van der Waals surface area contributed by atoms with Crippen LogP contribution in [0.3, 0.4) is 0 Å². The SMILES string of the molecule is Cc1cnccc1NCCNC(=O)Nc1cn(C)nn1. The number of hydrogen-bond donors (Lipinski definition) is 3. The van der Waals surface area contributed by atoms with Crippen LogP contribution in [0, 0.1) is 6.92 Å². The molecule has 0 spiro atoms. The van der Waals surface area contributed by atoms with Crippen molar-refractivity contribution in [1.29, 1.82) is 0 Å². The Kier molecular flexibility index (Phi) is 4.48. The van der Waals surface area contributed by atoms with Gasteiger partial charge >= 0.3 is 6.03 Å². The van der Waals surface area contributed by atoms with Gasteiger partial charge < -0.3 is 10.6 Å². The summed E-state index contributed by atoms with van der Waals surface area (Å²) in [5.41, 5.74) is 2.08. The molecule has 2 rings (SSSR count). The highest BCUT2D eigenvalue weighted by molar-refractivity contribution is 5.87.